The number of methoxy groups -OCH3 is 2. The van der Waals surface area contributed by atoms with Gasteiger partial charge in [0.2, 0.25) is 0 Å². The molecule has 1 aliphatic carbocycles. The number of rotatable bonds is 5. The Labute approximate surface area is 168 Å². The van der Waals surface area contributed by atoms with Gasteiger partial charge in [-0.2, -0.15) is 5.10 Å². The lowest BCUT2D eigenvalue weighted by Gasteiger charge is -2.14. The quantitative estimate of drug-likeness (QED) is 0.528. The Bertz CT molecular complexity index is 1040. The molecule has 1 saturated carbocycles. The van der Waals surface area contributed by atoms with Crippen LogP contribution in [0.2, 0.25) is 0 Å². The van der Waals surface area contributed by atoms with Gasteiger partial charge in [-0.3, -0.25) is 14.7 Å². The van der Waals surface area contributed by atoms with Crippen LogP contribution in [0.4, 0.5) is 0 Å². The van der Waals surface area contributed by atoms with E-state index in [0.29, 0.717) is 6.42 Å². The number of carbonyl (C=O) groups excluding carboxylic acids is 2. The molecule has 1 heterocycles. The van der Waals surface area contributed by atoms with Crippen LogP contribution in [0.25, 0.3) is 22.5 Å². The molecule has 6 heteroatoms. The monoisotopic (exact) mass is 390 g/mol. The molecular formula is C23H22N2O4. The second-order valence-electron chi connectivity index (χ2n) is 7.30. The molecule has 3 aromatic rings. The van der Waals surface area contributed by atoms with Crippen molar-refractivity contribution >= 4 is 11.9 Å². The molecule has 1 aromatic heterocycles. The van der Waals surface area contributed by atoms with Gasteiger partial charge in [-0.25, -0.2) is 0 Å². The number of aromatic amines is 1. The second-order valence-corrected chi connectivity index (χ2v) is 7.30. The van der Waals surface area contributed by atoms with Gasteiger partial charge < -0.3 is 9.47 Å². The van der Waals surface area contributed by atoms with E-state index in [4.69, 9.17) is 9.47 Å². The van der Waals surface area contributed by atoms with Crippen molar-refractivity contribution in [2.75, 3.05) is 14.2 Å². The van der Waals surface area contributed by atoms with E-state index in [1.54, 1.807) is 0 Å². The number of nitrogens with one attached hydrogen (secondary N) is 1. The number of esters is 2. The minimum atomic E-state index is -1.34. The van der Waals surface area contributed by atoms with Gasteiger partial charge in [-0.15, -0.1) is 0 Å². The van der Waals surface area contributed by atoms with Gasteiger partial charge in [0.1, 0.15) is 0 Å². The van der Waals surface area contributed by atoms with Gasteiger partial charge in [-0.1, -0.05) is 60.2 Å². The molecule has 4 rings (SSSR count). The topological polar surface area (TPSA) is 81.3 Å². The predicted molar refractivity (Wildman–Crippen MR) is 108 cm³/mol. The first-order valence-electron chi connectivity index (χ1n) is 9.40. The average molecular weight is 390 g/mol. The highest BCUT2D eigenvalue weighted by molar-refractivity contribution is 6.06. The van der Waals surface area contributed by atoms with Crippen molar-refractivity contribution in [3.8, 4) is 22.5 Å². The first kappa shape index (κ1) is 18.9. The predicted octanol–water partition coefficient (Wildman–Crippen LogP) is 3.87. The number of aryl methyl sites for hydroxylation is 1. The summed E-state index contributed by atoms with van der Waals surface area (Å²) >= 11 is 0. The highest BCUT2D eigenvalue weighted by Gasteiger charge is 2.69. The van der Waals surface area contributed by atoms with Crippen molar-refractivity contribution in [2.24, 2.45) is 5.41 Å². The van der Waals surface area contributed by atoms with Crippen LogP contribution >= 0.6 is 0 Å². The summed E-state index contributed by atoms with van der Waals surface area (Å²) in [6, 6.07) is 17.7. The van der Waals surface area contributed by atoms with E-state index in [2.05, 4.69) is 10.2 Å². The molecule has 1 fully saturated rings. The summed E-state index contributed by atoms with van der Waals surface area (Å²) in [5, 5.41) is 7.68. The highest BCUT2D eigenvalue weighted by atomic mass is 16.5. The second kappa shape index (κ2) is 7.20. The fourth-order valence-corrected chi connectivity index (χ4v) is 3.96. The number of carbonyl (C=O) groups is 2. The van der Waals surface area contributed by atoms with Crippen LogP contribution in [-0.4, -0.2) is 36.4 Å². The fraction of sp³-hybridized carbons (Fsp3) is 0.261. The fourth-order valence-electron chi connectivity index (χ4n) is 3.96. The molecule has 2 aromatic carbocycles. The van der Waals surface area contributed by atoms with Crippen molar-refractivity contribution in [2.45, 2.75) is 19.3 Å². The molecule has 1 unspecified atom stereocenters. The van der Waals surface area contributed by atoms with E-state index in [9.17, 15) is 9.59 Å². The van der Waals surface area contributed by atoms with Crippen LogP contribution in [0.5, 0.6) is 0 Å². The van der Waals surface area contributed by atoms with E-state index in [0.717, 1.165) is 33.6 Å². The molecule has 0 radical (unpaired) electrons. The van der Waals surface area contributed by atoms with Gasteiger partial charge in [0.25, 0.3) is 0 Å². The first-order valence-corrected chi connectivity index (χ1v) is 9.40. The lowest BCUT2D eigenvalue weighted by Crippen LogP contribution is -2.30. The molecule has 0 amide bonds. The molecule has 0 aliphatic heterocycles. The number of hydrogen-bond acceptors (Lipinski definition) is 5. The lowest BCUT2D eigenvalue weighted by molar-refractivity contribution is -0.161. The Morgan fingerprint density at radius 3 is 2.17 bits per heavy atom. The summed E-state index contributed by atoms with van der Waals surface area (Å²) in [5.74, 6) is -1.54. The molecular weight excluding hydrogens is 368 g/mol. The molecule has 0 bridgehead atoms. The maximum Gasteiger partial charge on any atom is 0.323 e. The molecule has 29 heavy (non-hydrogen) atoms. The normalized spacial score (nSPS) is 16.9. The van der Waals surface area contributed by atoms with Gasteiger partial charge in [0, 0.05) is 17.0 Å². The first-order chi connectivity index (χ1) is 14.0. The van der Waals surface area contributed by atoms with Crippen LogP contribution < -0.4 is 0 Å². The Morgan fingerprint density at radius 2 is 1.59 bits per heavy atom. The standard InChI is InChI=1S/C23H22N2O4/c1-14-9-11-16(12-10-14)20-18(19(24-25-20)15-7-5-4-6-8-15)17-13-23(17,21(26)28-2)22(27)29-3/h4-12,17H,13H2,1-3H3,(H,24,25). The molecule has 1 aliphatic rings. The molecule has 148 valence electrons. The largest absolute Gasteiger partial charge is 0.468 e. The third-order valence-corrected chi connectivity index (χ3v) is 5.60. The van der Waals surface area contributed by atoms with Crippen molar-refractivity contribution < 1.29 is 19.1 Å². The van der Waals surface area contributed by atoms with Crippen LogP contribution in [-0.2, 0) is 19.1 Å². The van der Waals surface area contributed by atoms with E-state index in [1.807, 2.05) is 61.5 Å². The number of hydrogen-bond donors (Lipinski definition) is 1. The van der Waals surface area contributed by atoms with Crippen LogP contribution in [0.3, 0.4) is 0 Å². The zero-order valence-electron chi connectivity index (χ0n) is 16.6. The molecule has 0 spiro atoms. The molecule has 1 atom stereocenters. The van der Waals surface area contributed by atoms with E-state index >= 15 is 0 Å². The van der Waals surface area contributed by atoms with Crippen LogP contribution in [0.1, 0.15) is 23.5 Å². The van der Waals surface area contributed by atoms with E-state index in [-0.39, 0.29) is 5.92 Å². The maximum atomic E-state index is 12.6. The van der Waals surface area contributed by atoms with Gasteiger partial charge in [0.05, 0.1) is 25.6 Å². The third-order valence-electron chi connectivity index (χ3n) is 5.60. The summed E-state index contributed by atoms with van der Waals surface area (Å²) in [4.78, 5) is 25.2. The SMILES string of the molecule is COC(=O)C1(C(=O)OC)CC1c1c(-c2ccccc2)n[nH]c1-c1ccc(C)cc1. The Hall–Kier alpha value is -3.41. The Kier molecular flexibility index (Phi) is 4.70. The molecule has 6 nitrogen and oxygen atoms in total. The summed E-state index contributed by atoms with van der Waals surface area (Å²) < 4.78 is 9.93. The van der Waals surface area contributed by atoms with E-state index in [1.165, 1.54) is 14.2 Å². The highest BCUT2D eigenvalue weighted by Crippen LogP contribution is 2.63. The van der Waals surface area contributed by atoms with Crippen molar-refractivity contribution in [1.29, 1.82) is 0 Å². The Morgan fingerprint density at radius 1 is 0.966 bits per heavy atom. The third kappa shape index (κ3) is 3.01. The van der Waals surface area contributed by atoms with Gasteiger partial charge in [-0.05, 0) is 18.9 Å². The summed E-state index contributed by atoms with van der Waals surface area (Å²) in [6.07, 6.45) is 0.324. The maximum absolute atomic E-state index is 12.6. The average Bonchev–Trinajstić information content (AvgIpc) is 3.36. The van der Waals surface area contributed by atoms with Crippen LogP contribution in [0.15, 0.2) is 54.6 Å². The minimum Gasteiger partial charge on any atom is -0.468 e. The van der Waals surface area contributed by atoms with E-state index < -0.39 is 17.4 Å². The zero-order chi connectivity index (χ0) is 20.6. The van der Waals surface area contributed by atoms with Crippen molar-refractivity contribution in [1.82, 2.24) is 10.2 Å². The van der Waals surface area contributed by atoms with Gasteiger partial charge in [0.15, 0.2) is 5.41 Å². The Balaban J connectivity index is 1.89. The van der Waals surface area contributed by atoms with Crippen molar-refractivity contribution in [3.63, 3.8) is 0 Å². The number of ether oxygens (including phenoxy) is 2. The smallest absolute Gasteiger partial charge is 0.323 e. The summed E-state index contributed by atoms with van der Waals surface area (Å²) in [6.45, 7) is 2.02. The lowest BCUT2D eigenvalue weighted by atomic mass is 9.93. The zero-order valence-corrected chi connectivity index (χ0v) is 16.6. The molecule has 0 saturated heterocycles. The number of benzene rings is 2. The number of nitrogens with zero attached hydrogens (tertiary/aromatic N) is 1. The summed E-state index contributed by atoms with van der Waals surface area (Å²) in [7, 11) is 2.58. The number of H-pyrrole nitrogens is 1. The number of aromatic nitrogens is 2. The molecule has 1 N–H and O–H groups in total. The van der Waals surface area contributed by atoms with Gasteiger partial charge >= 0.3 is 11.9 Å². The summed E-state index contributed by atoms with van der Waals surface area (Å²) in [5.41, 5.74) is 4.00. The van der Waals surface area contributed by atoms with Crippen LogP contribution in [0, 0.1) is 12.3 Å². The van der Waals surface area contributed by atoms with Crippen molar-refractivity contribution in [3.05, 3.63) is 65.7 Å². The minimum absolute atomic E-state index is 0.324.